The Labute approximate surface area is 92.8 Å². The highest BCUT2D eigenvalue weighted by atomic mass is 28.3. The number of alkyl carbamates (subject to hydrolysis) is 1. The molecule has 2 N–H and O–H groups in total. The second kappa shape index (κ2) is 5.51. The molecule has 88 valence electrons. The number of nitrogens with one attached hydrogen (secondary N) is 2. The van der Waals surface area contributed by atoms with Gasteiger partial charge in [-0.05, 0) is 19.0 Å². The molecule has 0 aromatic carbocycles. The van der Waals surface area contributed by atoms with Crippen LogP contribution < -0.4 is 10.6 Å². The minimum atomic E-state index is -1.09. The zero-order valence-corrected chi connectivity index (χ0v) is 10.9. The highest BCUT2D eigenvalue weighted by Gasteiger charge is 2.18. The second-order valence-electron chi connectivity index (χ2n) is 5.28. The largest absolute Gasteiger partial charge is 0.450 e. The molecular weight excluding hydrogens is 208 g/mol. The number of carbonyl (C=O) groups is 1. The van der Waals surface area contributed by atoms with Gasteiger partial charge in [0.15, 0.2) is 0 Å². The maximum Gasteiger partial charge on any atom is 0.407 e. The lowest BCUT2D eigenvalue weighted by molar-refractivity contribution is 0.148. The molecule has 5 heteroatoms. The van der Waals surface area contributed by atoms with Gasteiger partial charge in [0.2, 0.25) is 0 Å². The summed E-state index contributed by atoms with van der Waals surface area (Å²) in [6, 6.07) is 1.29. The fraction of sp³-hybridized carbons (Fsp3) is 0.900. The van der Waals surface area contributed by atoms with Crippen LogP contribution in [0.4, 0.5) is 4.79 Å². The third kappa shape index (κ3) is 5.79. The van der Waals surface area contributed by atoms with Crippen molar-refractivity contribution in [1.29, 1.82) is 0 Å². The van der Waals surface area contributed by atoms with E-state index in [1.807, 2.05) is 0 Å². The van der Waals surface area contributed by atoms with Crippen molar-refractivity contribution >= 4 is 14.2 Å². The molecule has 1 atom stereocenters. The maximum atomic E-state index is 11.3. The van der Waals surface area contributed by atoms with Gasteiger partial charge in [-0.1, -0.05) is 19.6 Å². The molecule has 1 amide bonds. The van der Waals surface area contributed by atoms with Gasteiger partial charge >= 0.3 is 6.09 Å². The lowest BCUT2D eigenvalue weighted by Gasteiger charge is -2.16. The summed E-state index contributed by atoms with van der Waals surface area (Å²) in [6.45, 7) is 9.23. The average molecular weight is 230 g/mol. The SMILES string of the molecule is C[Si](C)(C)CCOC(=O)NC1CCNC1. The van der Waals surface area contributed by atoms with Crippen LogP contribution in [0.3, 0.4) is 0 Å². The van der Waals surface area contributed by atoms with Crippen molar-refractivity contribution in [3.8, 4) is 0 Å². The van der Waals surface area contributed by atoms with Gasteiger partial charge < -0.3 is 15.4 Å². The van der Waals surface area contributed by atoms with E-state index in [0.29, 0.717) is 6.61 Å². The molecule has 0 aromatic heterocycles. The second-order valence-corrected chi connectivity index (χ2v) is 10.9. The van der Waals surface area contributed by atoms with E-state index in [4.69, 9.17) is 4.74 Å². The fourth-order valence-corrected chi connectivity index (χ4v) is 2.15. The molecule has 0 aliphatic carbocycles. The third-order valence-electron chi connectivity index (χ3n) is 2.47. The monoisotopic (exact) mass is 230 g/mol. The van der Waals surface area contributed by atoms with Crippen molar-refractivity contribution in [2.45, 2.75) is 38.1 Å². The fourth-order valence-electron chi connectivity index (χ4n) is 1.44. The van der Waals surface area contributed by atoms with E-state index in [9.17, 15) is 4.79 Å². The standard InChI is InChI=1S/C10H22N2O2Si/c1-15(2,3)7-6-14-10(13)12-9-4-5-11-8-9/h9,11H,4-8H2,1-3H3,(H,12,13). The summed E-state index contributed by atoms with van der Waals surface area (Å²) in [7, 11) is -1.09. The Morgan fingerprint density at radius 3 is 2.80 bits per heavy atom. The Morgan fingerprint density at radius 2 is 2.27 bits per heavy atom. The van der Waals surface area contributed by atoms with Gasteiger partial charge in [0.1, 0.15) is 0 Å². The maximum absolute atomic E-state index is 11.3. The van der Waals surface area contributed by atoms with Crippen LogP contribution in [0.15, 0.2) is 0 Å². The molecule has 15 heavy (non-hydrogen) atoms. The van der Waals surface area contributed by atoms with Crippen LogP contribution in [0.25, 0.3) is 0 Å². The molecule has 1 fully saturated rings. The molecule has 1 aliphatic rings. The number of ether oxygens (including phenoxy) is 1. The molecule has 0 aromatic rings. The van der Waals surface area contributed by atoms with Crippen molar-refractivity contribution in [3.63, 3.8) is 0 Å². The normalized spacial score (nSPS) is 21.4. The summed E-state index contributed by atoms with van der Waals surface area (Å²) in [5.41, 5.74) is 0. The summed E-state index contributed by atoms with van der Waals surface area (Å²) < 4.78 is 5.14. The van der Waals surface area contributed by atoms with E-state index in [0.717, 1.165) is 25.6 Å². The number of amides is 1. The summed E-state index contributed by atoms with van der Waals surface area (Å²) in [5.74, 6) is 0. The highest BCUT2D eigenvalue weighted by molar-refractivity contribution is 6.76. The molecule has 1 saturated heterocycles. The topological polar surface area (TPSA) is 50.4 Å². The van der Waals surface area contributed by atoms with Crippen LogP contribution >= 0.6 is 0 Å². The van der Waals surface area contributed by atoms with Crippen molar-refractivity contribution in [2.75, 3.05) is 19.7 Å². The number of hydrogen-bond acceptors (Lipinski definition) is 3. The van der Waals surface area contributed by atoms with E-state index in [1.54, 1.807) is 0 Å². The lowest BCUT2D eigenvalue weighted by atomic mass is 10.3. The number of rotatable bonds is 4. The van der Waals surface area contributed by atoms with E-state index in [-0.39, 0.29) is 12.1 Å². The molecule has 0 bridgehead atoms. The molecule has 0 saturated carbocycles. The number of carbonyl (C=O) groups excluding carboxylic acids is 1. The van der Waals surface area contributed by atoms with E-state index >= 15 is 0 Å². The minimum Gasteiger partial charge on any atom is -0.450 e. The van der Waals surface area contributed by atoms with Crippen molar-refractivity contribution < 1.29 is 9.53 Å². The molecule has 1 aliphatic heterocycles. The Kier molecular flexibility index (Phi) is 4.60. The van der Waals surface area contributed by atoms with Crippen molar-refractivity contribution in [2.24, 2.45) is 0 Å². The zero-order chi connectivity index (χ0) is 11.3. The van der Waals surface area contributed by atoms with Gasteiger partial charge in [-0.25, -0.2) is 4.79 Å². The first-order valence-electron chi connectivity index (χ1n) is 5.61. The van der Waals surface area contributed by atoms with Gasteiger partial charge in [-0.15, -0.1) is 0 Å². The van der Waals surface area contributed by atoms with Crippen LogP contribution in [-0.2, 0) is 4.74 Å². The molecule has 1 unspecified atom stereocenters. The van der Waals surface area contributed by atoms with Gasteiger partial charge in [-0.2, -0.15) is 0 Å². The van der Waals surface area contributed by atoms with Gasteiger partial charge in [0.05, 0.1) is 6.61 Å². The summed E-state index contributed by atoms with van der Waals surface area (Å²) in [5, 5.41) is 6.05. The Morgan fingerprint density at radius 1 is 1.53 bits per heavy atom. The van der Waals surface area contributed by atoms with Crippen LogP contribution in [0.1, 0.15) is 6.42 Å². The van der Waals surface area contributed by atoms with Gasteiger partial charge in [0.25, 0.3) is 0 Å². The molecular formula is C10H22N2O2Si. The quantitative estimate of drug-likeness (QED) is 0.718. The number of hydrogen-bond donors (Lipinski definition) is 2. The smallest absolute Gasteiger partial charge is 0.407 e. The van der Waals surface area contributed by atoms with Crippen molar-refractivity contribution in [3.05, 3.63) is 0 Å². The zero-order valence-electron chi connectivity index (χ0n) is 9.93. The van der Waals surface area contributed by atoms with E-state index in [1.165, 1.54) is 0 Å². The molecule has 0 spiro atoms. The summed E-state index contributed by atoms with van der Waals surface area (Å²) >= 11 is 0. The predicted octanol–water partition coefficient (Wildman–Crippen LogP) is 1.41. The molecule has 4 nitrogen and oxygen atoms in total. The first-order valence-corrected chi connectivity index (χ1v) is 9.32. The highest BCUT2D eigenvalue weighted by Crippen LogP contribution is 2.07. The molecule has 1 heterocycles. The van der Waals surface area contributed by atoms with Crippen LogP contribution in [0, 0.1) is 0 Å². The first kappa shape index (κ1) is 12.5. The molecule has 1 rings (SSSR count). The molecule has 0 radical (unpaired) electrons. The average Bonchev–Trinajstić information content (AvgIpc) is 2.54. The third-order valence-corrected chi connectivity index (χ3v) is 4.17. The lowest BCUT2D eigenvalue weighted by Crippen LogP contribution is -2.37. The van der Waals surface area contributed by atoms with Crippen LogP contribution in [-0.4, -0.2) is 39.9 Å². The van der Waals surface area contributed by atoms with Crippen LogP contribution in [0.5, 0.6) is 0 Å². The van der Waals surface area contributed by atoms with Crippen molar-refractivity contribution in [1.82, 2.24) is 10.6 Å². The van der Waals surface area contributed by atoms with Gasteiger partial charge in [0, 0.05) is 20.7 Å². The van der Waals surface area contributed by atoms with E-state index in [2.05, 4.69) is 30.3 Å². The summed E-state index contributed by atoms with van der Waals surface area (Å²) in [6.07, 6.45) is 0.741. The van der Waals surface area contributed by atoms with Gasteiger partial charge in [-0.3, -0.25) is 0 Å². The van der Waals surface area contributed by atoms with E-state index < -0.39 is 8.07 Å². The summed E-state index contributed by atoms with van der Waals surface area (Å²) in [4.78, 5) is 11.3. The van der Waals surface area contributed by atoms with Crippen LogP contribution in [0.2, 0.25) is 25.7 Å². The minimum absolute atomic E-state index is 0.254. The Bertz CT molecular complexity index is 210. The Balaban J connectivity index is 2.08. The Hall–Kier alpha value is -0.553. The first-order chi connectivity index (χ1) is 6.97. The predicted molar refractivity (Wildman–Crippen MR) is 63.9 cm³/mol.